The van der Waals surface area contributed by atoms with Crippen LogP contribution in [0.1, 0.15) is 55.1 Å². The van der Waals surface area contributed by atoms with Crippen LogP contribution in [0.5, 0.6) is 5.75 Å². The number of benzene rings is 2. The van der Waals surface area contributed by atoms with Crippen molar-refractivity contribution >= 4 is 21.6 Å². The van der Waals surface area contributed by atoms with Gasteiger partial charge in [-0.1, -0.05) is 38.1 Å². The van der Waals surface area contributed by atoms with Gasteiger partial charge in [0.25, 0.3) is 5.91 Å². The zero-order valence-corrected chi connectivity index (χ0v) is 18.1. The number of sulfonamides is 1. The summed E-state index contributed by atoms with van der Waals surface area (Å²) in [6, 6.07) is 14.2. The van der Waals surface area contributed by atoms with E-state index in [1.807, 2.05) is 24.3 Å². The van der Waals surface area contributed by atoms with Gasteiger partial charge in [0.1, 0.15) is 11.4 Å². The van der Waals surface area contributed by atoms with E-state index in [9.17, 15) is 13.2 Å². The lowest BCUT2D eigenvalue weighted by atomic mass is 9.83. The number of ether oxygens (including phenoxy) is 1. The van der Waals surface area contributed by atoms with Crippen LogP contribution in [0.4, 0.5) is 5.69 Å². The highest BCUT2D eigenvalue weighted by Crippen LogP contribution is 2.42. The fraction of sp³-hybridized carbons (Fsp3) is 0.409. The van der Waals surface area contributed by atoms with Crippen LogP contribution >= 0.6 is 0 Å². The van der Waals surface area contributed by atoms with Crippen LogP contribution in [0.15, 0.2) is 48.5 Å². The van der Waals surface area contributed by atoms with Gasteiger partial charge in [-0.15, -0.1) is 0 Å². The van der Waals surface area contributed by atoms with Crippen LogP contribution in [0.25, 0.3) is 0 Å². The van der Waals surface area contributed by atoms with Gasteiger partial charge in [-0.25, -0.2) is 8.42 Å². The van der Waals surface area contributed by atoms with Gasteiger partial charge in [0.2, 0.25) is 10.0 Å². The van der Waals surface area contributed by atoms with Crippen molar-refractivity contribution < 1.29 is 17.9 Å². The van der Waals surface area contributed by atoms with Crippen LogP contribution in [0.2, 0.25) is 0 Å². The van der Waals surface area contributed by atoms with Crippen molar-refractivity contribution in [3.8, 4) is 5.75 Å². The molecule has 2 aromatic carbocycles. The lowest BCUT2D eigenvalue weighted by molar-refractivity contribution is 0.0227. The molecule has 1 N–H and O–H groups in total. The van der Waals surface area contributed by atoms with E-state index >= 15 is 0 Å². The first kappa shape index (κ1) is 21.2. The van der Waals surface area contributed by atoms with E-state index in [1.165, 1.54) is 7.05 Å². The Hall–Kier alpha value is -2.54. The summed E-state index contributed by atoms with van der Waals surface area (Å²) in [6.07, 6.45) is 3.51. The first-order valence-electron chi connectivity index (χ1n) is 9.82. The second-order valence-electron chi connectivity index (χ2n) is 7.54. The fourth-order valence-electron chi connectivity index (χ4n) is 3.71. The van der Waals surface area contributed by atoms with Crippen molar-refractivity contribution in [3.05, 3.63) is 59.7 Å². The summed E-state index contributed by atoms with van der Waals surface area (Å²) in [7, 11) is -1.93. The highest BCUT2D eigenvalue weighted by atomic mass is 32.2. The Balaban J connectivity index is 1.89. The molecule has 0 saturated heterocycles. The summed E-state index contributed by atoms with van der Waals surface area (Å²) >= 11 is 0. The normalized spacial score (nSPS) is 17.7. The monoisotopic (exact) mass is 416 g/mol. The third kappa shape index (κ3) is 4.40. The molecule has 1 amide bonds. The Morgan fingerprint density at radius 3 is 2.52 bits per heavy atom. The Morgan fingerprint density at radius 1 is 1.17 bits per heavy atom. The van der Waals surface area contributed by atoms with Crippen molar-refractivity contribution in [3.63, 3.8) is 0 Å². The molecular weight excluding hydrogens is 388 g/mol. The molecule has 29 heavy (non-hydrogen) atoms. The number of hydrogen-bond donors (Lipinski definition) is 1. The summed E-state index contributed by atoms with van der Waals surface area (Å²) in [5, 5.41) is 3.13. The molecule has 3 rings (SSSR count). The number of nitrogens with one attached hydrogen (secondary N) is 1. The average molecular weight is 417 g/mol. The van der Waals surface area contributed by atoms with Gasteiger partial charge in [0.05, 0.1) is 18.0 Å². The number of fused-ring (bicyclic) bond motifs is 1. The van der Waals surface area contributed by atoms with Crippen LogP contribution in [0.3, 0.4) is 0 Å². The summed E-state index contributed by atoms with van der Waals surface area (Å²) in [5.74, 6) is 0.565. The fourth-order valence-corrected chi connectivity index (χ4v) is 4.20. The molecule has 1 atom stereocenters. The third-order valence-electron chi connectivity index (χ3n) is 5.76. The van der Waals surface area contributed by atoms with Crippen molar-refractivity contribution in [1.29, 1.82) is 0 Å². The van der Waals surface area contributed by atoms with E-state index in [4.69, 9.17) is 4.74 Å². The maximum Gasteiger partial charge on any atom is 0.251 e. The number of carbonyl (C=O) groups excluding carboxylic acids is 1. The largest absolute Gasteiger partial charge is 0.487 e. The van der Waals surface area contributed by atoms with Crippen molar-refractivity contribution in [1.82, 2.24) is 5.32 Å². The summed E-state index contributed by atoms with van der Waals surface area (Å²) < 4.78 is 31.1. The van der Waals surface area contributed by atoms with Crippen molar-refractivity contribution in [2.45, 2.75) is 44.8 Å². The minimum absolute atomic E-state index is 0.177. The number of para-hydroxylation sites is 1. The van der Waals surface area contributed by atoms with E-state index in [1.54, 1.807) is 24.3 Å². The Kier molecular flexibility index (Phi) is 5.89. The molecule has 0 radical (unpaired) electrons. The van der Waals surface area contributed by atoms with Gasteiger partial charge >= 0.3 is 0 Å². The third-order valence-corrected chi connectivity index (χ3v) is 6.97. The highest BCUT2D eigenvalue weighted by Gasteiger charge is 2.39. The highest BCUT2D eigenvalue weighted by molar-refractivity contribution is 7.92. The number of rotatable bonds is 6. The first-order chi connectivity index (χ1) is 13.7. The van der Waals surface area contributed by atoms with Crippen LogP contribution < -0.4 is 14.4 Å². The molecular formula is C22H28N2O4S. The van der Waals surface area contributed by atoms with Crippen LogP contribution in [-0.4, -0.2) is 33.2 Å². The smallest absolute Gasteiger partial charge is 0.251 e. The topological polar surface area (TPSA) is 75.7 Å². The van der Waals surface area contributed by atoms with E-state index < -0.39 is 10.0 Å². The average Bonchev–Trinajstić information content (AvgIpc) is 2.72. The Morgan fingerprint density at radius 2 is 1.86 bits per heavy atom. The van der Waals surface area contributed by atoms with Crippen LogP contribution in [-0.2, 0) is 10.0 Å². The van der Waals surface area contributed by atoms with E-state index in [-0.39, 0.29) is 17.6 Å². The minimum Gasteiger partial charge on any atom is -0.487 e. The SMILES string of the molecule is CCC1(CC)C[C@H](NC(=O)c2cccc(N(C)S(C)(=O)=O)c2)c2ccccc2O1. The van der Waals surface area contributed by atoms with Gasteiger partial charge in [0.15, 0.2) is 0 Å². The molecule has 2 aromatic rings. The summed E-state index contributed by atoms with van der Waals surface area (Å²) in [6.45, 7) is 4.20. The molecule has 0 spiro atoms. The van der Waals surface area contributed by atoms with Gasteiger partial charge in [-0.05, 0) is 37.1 Å². The maximum atomic E-state index is 13.0. The lowest BCUT2D eigenvalue weighted by Gasteiger charge is -2.41. The molecule has 0 saturated carbocycles. The quantitative estimate of drug-likeness (QED) is 0.775. The molecule has 0 aromatic heterocycles. The van der Waals surface area contributed by atoms with Gasteiger partial charge in [0, 0.05) is 24.6 Å². The Labute approximate surface area is 172 Å². The minimum atomic E-state index is -3.40. The van der Waals surface area contributed by atoms with E-state index in [0.717, 1.165) is 34.7 Å². The molecule has 1 heterocycles. The zero-order valence-electron chi connectivity index (χ0n) is 17.3. The molecule has 0 aliphatic carbocycles. The van der Waals surface area contributed by atoms with E-state index in [2.05, 4.69) is 19.2 Å². The first-order valence-corrected chi connectivity index (χ1v) is 11.7. The predicted molar refractivity (Wildman–Crippen MR) is 115 cm³/mol. The molecule has 156 valence electrons. The van der Waals surface area contributed by atoms with Crippen molar-refractivity contribution in [2.24, 2.45) is 0 Å². The molecule has 6 nitrogen and oxygen atoms in total. The number of hydrogen-bond acceptors (Lipinski definition) is 4. The lowest BCUT2D eigenvalue weighted by Crippen LogP contribution is -2.44. The number of carbonyl (C=O) groups is 1. The van der Waals surface area contributed by atoms with Gasteiger partial charge < -0.3 is 10.1 Å². The number of nitrogens with zero attached hydrogens (tertiary/aromatic N) is 1. The molecule has 1 aliphatic rings. The zero-order chi connectivity index (χ0) is 21.2. The maximum absolute atomic E-state index is 13.0. The number of anilines is 1. The van der Waals surface area contributed by atoms with Gasteiger partial charge in [-0.3, -0.25) is 9.10 Å². The molecule has 0 unspecified atom stereocenters. The molecule has 7 heteroatoms. The van der Waals surface area contributed by atoms with Crippen LogP contribution in [0, 0.1) is 0 Å². The second kappa shape index (κ2) is 8.06. The Bertz CT molecular complexity index is 999. The molecule has 0 bridgehead atoms. The molecule has 0 fully saturated rings. The van der Waals surface area contributed by atoms with E-state index in [0.29, 0.717) is 17.7 Å². The standard InChI is InChI=1S/C22H28N2O4S/c1-5-22(6-2)15-19(18-12-7-8-13-20(18)28-22)23-21(25)16-10-9-11-17(14-16)24(3)29(4,26)27/h7-14,19H,5-6,15H2,1-4H3,(H,23,25)/t19-/m0/s1. The van der Waals surface area contributed by atoms with Gasteiger partial charge in [-0.2, -0.15) is 0 Å². The molecule has 1 aliphatic heterocycles. The summed E-state index contributed by atoms with van der Waals surface area (Å²) in [5.41, 5.74) is 1.51. The second-order valence-corrected chi connectivity index (χ2v) is 9.55. The predicted octanol–water partition coefficient (Wildman–Crippen LogP) is 3.89. The summed E-state index contributed by atoms with van der Waals surface area (Å²) in [4.78, 5) is 13.0. The number of amides is 1. The van der Waals surface area contributed by atoms with Crippen molar-refractivity contribution in [2.75, 3.05) is 17.6 Å².